The van der Waals surface area contributed by atoms with Gasteiger partial charge in [0.05, 0.1) is 30.8 Å². The van der Waals surface area contributed by atoms with E-state index in [1.165, 1.54) is 0 Å². The van der Waals surface area contributed by atoms with Crippen LogP contribution < -0.4 is 20.7 Å². The molecular weight excluding hydrogens is 422 g/mol. The molecule has 164 valence electrons. The number of hydrogen-bond acceptors (Lipinski definition) is 4. The van der Waals surface area contributed by atoms with Crippen LogP contribution in [0.4, 0.5) is 5.69 Å². The molecule has 0 aliphatic heterocycles. The molecule has 0 spiro atoms. The molecule has 0 fully saturated rings. The first-order valence-electron chi connectivity index (χ1n) is 10.1. The van der Waals surface area contributed by atoms with E-state index in [4.69, 9.17) is 17.0 Å². The van der Waals surface area contributed by atoms with Crippen molar-refractivity contribution in [2.75, 3.05) is 12.4 Å². The zero-order valence-corrected chi connectivity index (χ0v) is 18.7. The molecule has 6 nitrogen and oxygen atoms in total. The maximum absolute atomic E-state index is 12.9. The lowest BCUT2D eigenvalue weighted by atomic mass is 10.1. The molecular formula is C25H25N3O3S. The molecule has 7 heteroatoms. The number of methoxy groups -OCH3 is 1. The van der Waals surface area contributed by atoms with E-state index in [2.05, 4.69) is 16.0 Å². The molecule has 0 aliphatic carbocycles. The fourth-order valence-corrected chi connectivity index (χ4v) is 3.37. The number of carbonyl (C=O) groups is 2. The van der Waals surface area contributed by atoms with E-state index < -0.39 is 0 Å². The van der Waals surface area contributed by atoms with Crippen LogP contribution in [0.1, 0.15) is 34.5 Å². The van der Waals surface area contributed by atoms with Crippen molar-refractivity contribution in [3.8, 4) is 5.75 Å². The number of benzene rings is 3. The normalized spacial score (nSPS) is 11.2. The van der Waals surface area contributed by atoms with E-state index in [9.17, 15) is 9.59 Å². The van der Waals surface area contributed by atoms with Crippen LogP contribution in [0.5, 0.6) is 5.75 Å². The SMILES string of the molecule is COc1ccc(CC(=O)NC(=S)Nc2ccccc2C(=O)NC(C)c2ccccc2)cc1. The average Bonchev–Trinajstić information content (AvgIpc) is 2.80. The minimum absolute atomic E-state index is 0.125. The minimum atomic E-state index is -0.257. The van der Waals surface area contributed by atoms with Crippen molar-refractivity contribution in [2.24, 2.45) is 0 Å². The summed E-state index contributed by atoms with van der Waals surface area (Å²) in [6, 6.07) is 23.8. The van der Waals surface area contributed by atoms with E-state index in [0.717, 1.165) is 16.9 Å². The third kappa shape index (κ3) is 6.39. The molecule has 0 saturated carbocycles. The van der Waals surface area contributed by atoms with E-state index in [1.807, 2.05) is 49.4 Å². The van der Waals surface area contributed by atoms with Gasteiger partial charge in [0, 0.05) is 0 Å². The molecule has 1 unspecified atom stereocenters. The lowest BCUT2D eigenvalue weighted by Crippen LogP contribution is -2.36. The van der Waals surface area contributed by atoms with Crippen molar-refractivity contribution >= 4 is 34.8 Å². The fourth-order valence-electron chi connectivity index (χ4n) is 3.14. The molecule has 0 saturated heterocycles. The van der Waals surface area contributed by atoms with Crippen molar-refractivity contribution in [1.82, 2.24) is 10.6 Å². The number of ether oxygens (including phenoxy) is 1. The number of rotatable bonds is 7. The maximum atomic E-state index is 12.9. The first-order chi connectivity index (χ1) is 15.5. The Kier molecular flexibility index (Phi) is 7.94. The van der Waals surface area contributed by atoms with Gasteiger partial charge in [-0.1, -0.05) is 54.6 Å². The summed E-state index contributed by atoms with van der Waals surface area (Å²) in [4.78, 5) is 25.2. The number of anilines is 1. The predicted octanol–water partition coefficient (Wildman–Crippen LogP) is 4.24. The van der Waals surface area contributed by atoms with Crippen LogP contribution in [0.2, 0.25) is 0 Å². The van der Waals surface area contributed by atoms with Crippen molar-refractivity contribution in [2.45, 2.75) is 19.4 Å². The van der Waals surface area contributed by atoms with Crippen LogP contribution >= 0.6 is 12.2 Å². The fraction of sp³-hybridized carbons (Fsp3) is 0.160. The molecule has 3 N–H and O–H groups in total. The number of thiocarbonyl (C=S) groups is 1. The first kappa shape index (κ1) is 23.0. The Bertz CT molecular complexity index is 1090. The molecule has 1 atom stereocenters. The van der Waals surface area contributed by atoms with E-state index in [0.29, 0.717) is 11.3 Å². The van der Waals surface area contributed by atoms with Gasteiger partial charge in [-0.3, -0.25) is 9.59 Å². The molecule has 3 aromatic carbocycles. The molecule has 0 bridgehead atoms. The zero-order valence-electron chi connectivity index (χ0n) is 17.9. The second-order valence-corrected chi connectivity index (χ2v) is 7.59. The largest absolute Gasteiger partial charge is 0.497 e. The molecule has 0 aliphatic rings. The van der Waals surface area contributed by atoms with Gasteiger partial charge in [0.15, 0.2) is 5.11 Å². The van der Waals surface area contributed by atoms with Gasteiger partial charge in [-0.2, -0.15) is 0 Å². The lowest BCUT2D eigenvalue weighted by molar-refractivity contribution is -0.119. The number of carbonyl (C=O) groups excluding carboxylic acids is 2. The highest BCUT2D eigenvalue weighted by atomic mass is 32.1. The molecule has 3 rings (SSSR count). The van der Waals surface area contributed by atoms with Crippen LogP contribution in [0.15, 0.2) is 78.9 Å². The van der Waals surface area contributed by atoms with Gasteiger partial charge < -0.3 is 20.7 Å². The lowest BCUT2D eigenvalue weighted by Gasteiger charge is -2.17. The van der Waals surface area contributed by atoms with Gasteiger partial charge in [0.25, 0.3) is 5.91 Å². The van der Waals surface area contributed by atoms with Crippen molar-refractivity contribution < 1.29 is 14.3 Å². The quantitative estimate of drug-likeness (QED) is 0.472. The summed E-state index contributed by atoms with van der Waals surface area (Å²) in [7, 11) is 1.59. The second kappa shape index (κ2) is 11.1. The molecule has 32 heavy (non-hydrogen) atoms. The third-order valence-corrected chi connectivity index (χ3v) is 5.05. The highest BCUT2D eigenvalue weighted by Crippen LogP contribution is 2.18. The molecule has 2 amide bonds. The van der Waals surface area contributed by atoms with Crippen LogP contribution in [-0.4, -0.2) is 24.0 Å². The molecule has 0 aromatic heterocycles. The van der Waals surface area contributed by atoms with Gasteiger partial charge in [-0.05, 0) is 54.5 Å². The van der Waals surface area contributed by atoms with Crippen molar-refractivity contribution in [1.29, 1.82) is 0 Å². The van der Waals surface area contributed by atoms with Crippen molar-refractivity contribution in [3.63, 3.8) is 0 Å². The van der Waals surface area contributed by atoms with E-state index in [-0.39, 0.29) is 29.4 Å². The second-order valence-electron chi connectivity index (χ2n) is 7.18. The predicted molar refractivity (Wildman–Crippen MR) is 130 cm³/mol. The Morgan fingerprint density at radius 3 is 2.28 bits per heavy atom. The summed E-state index contributed by atoms with van der Waals surface area (Å²) in [5.74, 6) is 0.229. The van der Waals surface area contributed by atoms with Gasteiger partial charge in [-0.15, -0.1) is 0 Å². The Labute approximate surface area is 193 Å². The molecule has 3 aromatic rings. The average molecular weight is 448 g/mol. The van der Waals surface area contributed by atoms with Gasteiger partial charge >= 0.3 is 0 Å². The summed E-state index contributed by atoms with van der Waals surface area (Å²) in [5.41, 5.74) is 2.79. The summed E-state index contributed by atoms with van der Waals surface area (Å²) in [5, 5.41) is 8.73. The minimum Gasteiger partial charge on any atom is -0.497 e. The first-order valence-corrected chi connectivity index (χ1v) is 10.6. The van der Waals surface area contributed by atoms with Crippen LogP contribution in [0.3, 0.4) is 0 Å². The Morgan fingerprint density at radius 1 is 0.938 bits per heavy atom. The highest BCUT2D eigenvalue weighted by Gasteiger charge is 2.16. The van der Waals surface area contributed by atoms with Crippen LogP contribution in [-0.2, 0) is 11.2 Å². The summed E-state index contributed by atoms with van der Waals surface area (Å²) >= 11 is 5.28. The van der Waals surface area contributed by atoms with Crippen LogP contribution in [0, 0.1) is 0 Å². The number of nitrogens with one attached hydrogen (secondary N) is 3. The van der Waals surface area contributed by atoms with Gasteiger partial charge in [-0.25, -0.2) is 0 Å². The molecule has 0 radical (unpaired) electrons. The van der Waals surface area contributed by atoms with E-state index >= 15 is 0 Å². The number of para-hydroxylation sites is 1. The van der Waals surface area contributed by atoms with Crippen LogP contribution in [0.25, 0.3) is 0 Å². The number of hydrogen-bond donors (Lipinski definition) is 3. The molecule has 0 heterocycles. The monoisotopic (exact) mass is 447 g/mol. The maximum Gasteiger partial charge on any atom is 0.253 e. The van der Waals surface area contributed by atoms with Gasteiger partial charge in [0.2, 0.25) is 5.91 Å². The smallest absolute Gasteiger partial charge is 0.253 e. The van der Waals surface area contributed by atoms with E-state index in [1.54, 1.807) is 43.5 Å². The Balaban J connectivity index is 1.60. The third-order valence-electron chi connectivity index (χ3n) is 4.84. The summed E-state index contributed by atoms with van der Waals surface area (Å²) < 4.78 is 5.12. The van der Waals surface area contributed by atoms with Gasteiger partial charge in [0.1, 0.15) is 5.75 Å². The summed E-state index contributed by atoms with van der Waals surface area (Å²) in [6.45, 7) is 1.92. The Morgan fingerprint density at radius 2 is 1.59 bits per heavy atom. The zero-order chi connectivity index (χ0) is 22.9. The topological polar surface area (TPSA) is 79.5 Å². The standard InChI is InChI=1S/C25H25N3O3S/c1-17(19-8-4-3-5-9-19)26-24(30)21-10-6-7-11-22(21)27-25(32)28-23(29)16-18-12-14-20(31-2)15-13-18/h3-15,17H,16H2,1-2H3,(H,26,30)(H2,27,28,29,32). The van der Waals surface area contributed by atoms with Crippen molar-refractivity contribution in [3.05, 3.63) is 95.6 Å². The Hall–Kier alpha value is -3.71. The summed E-state index contributed by atoms with van der Waals surface area (Å²) in [6.07, 6.45) is 0.169. The highest BCUT2D eigenvalue weighted by molar-refractivity contribution is 7.80. The number of amides is 2.